The molecule has 2 nitrogen and oxygen atoms in total. The first-order valence-corrected chi connectivity index (χ1v) is 8.64. The maximum absolute atomic E-state index is 3.76. The van der Waals surface area contributed by atoms with Crippen LogP contribution in [0.3, 0.4) is 0 Å². The molecule has 1 saturated heterocycles. The molecule has 1 saturated carbocycles. The summed E-state index contributed by atoms with van der Waals surface area (Å²) in [7, 11) is 0. The zero-order valence-corrected chi connectivity index (χ0v) is 13.3. The van der Waals surface area contributed by atoms with Gasteiger partial charge in [0.25, 0.3) is 0 Å². The maximum atomic E-state index is 3.76. The molecule has 18 heavy (non-hydrogen) atoms. The van der Waals surface area contributed by atoms with Crippen LogP contribution in [0.2, 0.25) is 0 Å². The molecule has 3 rings (SSSR count). The number of rotatable bonds is 4. The van der Waals surface area contributed by atoms with E-state index >= 15 is 0 Å². The first kappa shape index (κ1) is 13.1. The normalized spacial score (nSPS) is 29.7. The van der Waals surface area contributed by atoms with Gasteiger partial charge in [0.1, 0.15) is 0 Å². The second-order valence-corrected chi connectivity index (χ2v) is 7.49. The van der Waals surface area contributed by atoms with Crippen LogP contribution in [0.4, 0.5) is 0 Å². The van der Waals surface area contributed by atoms with Gasteiger partial charge in [0.05, 0.1) is 0 Å². The lowest BCUT2D eigenvalue weighted by molar-refractivity contribution is 0.113. The largest absolute Gasteiger partial charge is 0.311 e. The van der Waals surface area contributed by atoms with Gasteiger partial charge in [-0.2, -0.15) is 0 Å². The molecule has 2 atom stereocenters. The molecular formula is C14H21BrN2S. The number of thiophene rings is 1. The monoisotopic (exact) mass is 328 g/mol. The summed E-state index contributed by atoms with van der Waals surface area (Å²) in [6, 6.07) is 3.73. The van der Waals surface area contributed by atoms with Crippen molar-refractivity contribution < 1.29 is 0 Å². The molecule has 1 N–H and O–H groups in total. The van der Waals surface area contributed by atoms with Gasteiger partial charge in [-0.15, -0.1) is 11.3 Å². The molecule has 0 amide bonds. The van der Waals surface area contributed by atoms with Gasteiger partial charge < -0.3 is 5.32 Å². The smallest absolute Gasteiger partial charge is 0.0332 e. The molecule has 2 aliphatic rings. The minimum absolute atomic E-state index is 0.709. The summed E-state index contributed by atoms with van der Waals surface area (Å²) in [6.45, 7) is 5.84. The highest BCUT2D eigenvalue weighted by atomic mass is 79.9. The van der Waals surface area contributed by atoms with Crippen LogP contribution in [-0.2, 0) is 6.54 Å². The van der Waals surface area contributed by atoms with E-state index in [1.807, 2.05) is 11.3 Å². The van der Waals surface area contributed by atoms with Crippen molar-refractivity contribution in [2.75, 3.05) is 13.1 Å². The van der Waals surface area contributed by atoms with Crippen LogP contribution < -0.4 is 5.32 Å². The van der Waals surface area contributed by atoms with Crippen LogP contribution in [0.25, 0.3) is 0 Å². The van der Waals surface area contributed by atoms with E-state index in [9.17, 15) is 0 Å². The number of nitrogens with one attached hydrogen (secondary N) is 1. The van der Waals surface area contributed by atoms with E-state index in [0.717, 1.165) is 18.5 Å². The molecule has 1 aliphatic carbocycles. The van der Waals surface area contributed by atoms with E-state index in [4.69, 9.17) is 0 Å². The van der Waals surface area contributed by atoms with Gasteiger partial charge in [0.15, 0.2) is 0 Å². The fourth-order valence-corrected chi connectivity index (χ4v) is 4.41. The lowest BCUT2D eigenvalue weighted by Crippen LogP contribution is -2.56. The Labute approximate surface area is 122 Å². The number of hydrogen-bond donors (Lipinski definition) is 1. The third-order valence-electron chi connectivity index (χ3n) is 4.21. The topological polar surface area (TPSA) is 15.3 Å². The summed E-state index contributed by atoms with van der Waals surface area (Å²) < 4.78 is 1.23. The van der Waals surface area contributed by atoms with Gasteiger partial charge in [-0.1, -0.05) is 6.92 Å². The van der Waals surface area contributed by atoms with E-state index in [1.54, 1.807) is 0 Å². The highest BCUT2D eigenvalue weighted by Gasteiger charge is 2.36. The van der Waals surface area contributed by atoms with Crippen LogP contribution in [-0.4, -0.2) is 30.1 Å². The van der Waals surface area contributed by atoms with Crippen LogP contribution in [0.5, 0.6) is 0 Å². The SMILES string of the molecule is CCC1CNC(C2CC2)CN1Cc1cc(Br)cs1. The third kappa shape index (κ3) is 2.98. The molecule has 100 valence electrons. The molecule has 1 aliphatic heterocycles. The maximum Gasteiger partial charge on any atom is 0.0332 e. The molecule has 2 unspecified atom stereocenters. The van der Waals surface area contributed by atoms with Gasteiger partial charge in [-0.3, -0.25) is 4.90 Å². The molecular weight excluding hydrogens is 308 g/mol. The highest BCUT2D eigenvalue weighted by molar-refractivity contribution is 9.10. The van der Waals surface area contributed by atoms with Gasteiger partial charge in [-0.05, 0) is 47.2 Å². The number of halogens is 1. The number of nitrogens with zero attached hydrogens (tertiary/aromatic N) is 1. The zero-order chi connectivity index (χ0) is 12.5. The standard InChI is InChI=1S/C14H21BrN2S/c1-2-12-6-16-14(10-3-4-10)8-17(12)7-13-5-11(15)9-18-13/h5,9-10,12,14,16H,2-4,6-8H2,1H3. The van der Waals surface area contributed by atoms with Crippen molar-refractivity contribution in [3.05, 3.63) is 20.8 Å². The Kier molecular flexibility index (Phi) is 4.09. The Balaban J connectivity index is 1.65. The summed E-state index contributed by atoms with van der Waals surface area (Å²) in [6.07, 6.45) is 4.12. The summed E-state index contributed by atoms with van der Waals surface area (Å²) in [5.41, 5.74) is 0. The van der Waals surface area contributed by atoms with E-state index in [2.05, 4.69) is 44.5 Å². The molecule has 0 spiro atoms. The fraction of sp³-hybridized carbons (Fsp3) is 0.714. The first-order chi connectivity index (χ1) is 8.76. The Bertz CT molecular complexity index is 402. The minimum atomic E-state index is 0.709. The second-order valence-electron chi connectivity index (χ2n) is 5.57. The average molecular weight is 329 g/mol. The van der Waals surface area contributed by atoms with Crippen molar-refractivity contribution in [3.63, 3.8) is 0 Å². The van der Waals surface area contributed by atoms with Crippen molar-refractivity contribution >= 4 is 27.3 Å². The molecule has 0 aromatic carbocycles. The van der Waals surface area contributed by atoms with Crippen molar-refractivity contribution in [3.8, 4) is 0 Å². The molecule has 1 aromatic heterocycles. The minimum Gasteiger partial charge on any atom is -0.311 e. The second kappa shape index (κ2) is 5.61. The van der Waals surface area contributed by atoms with Crippen molar-refractivity contribution in [2.45, 2.75) is 44.8 Å². The predicted octanol–water partition coefficient (Wildman–Crippen LogP) is 3.47. The van der Waals surface area contributed by atoms with E-state index in [0.29, 0.717) is 6.04 Å². The Morgan fingerprint density at radius 3 is 2.94 bits per heavy atom. The summed E-state index contributed by atoms with van der Waals surface area (Å²) >= 11 is 5.43. The lowest BCUT2D eigenvalue weighted by atomic mass is 10.0. The van der Waals surface area contributed by atoms with Gasteiger partial charge >= 0.3 is 0 Å². The Hall–Kier alpha value is 0.1000. The number of hydrogen-bond acceptors (Lipinski definition) is 3. The third-order valence-corrected chi connectivity index (χ3v) is 5.89. The molecule has 4 heteroatoms. The summed E-state index contributed by atoms with van der Waals surface area (Å²) in [4.78, 5) is 4.18. The summed E-state index contributed by atoms with van der Waals surface area (Å²) in [5, 5.41) is 5.95. The van der Waals surface area contributed by atoms with Crippen molar-refractivity contribution in [1.82, 2.24) is 10.2 Å². The average Bonchev–Trinajstić information content (AvgIpc) is 3.14. The zero-order valence-electron chi connectivity index (χ0n) is 10.9. The summed E-state index contributed by atoms with van der Waals surface area (Å²) in [5.74, 6) is 0.959. The quantitative estimate of drug-likeness (QED) is 0.910. The van der Waals surface area contributed by atoms with Gasteiger partial charge in [-0.25, -0.2) is 0 Å². The Morgan fingerprint density at radius 2 is 2.33 bits per heavy atom. The van der Waals surface area contributed by atoms with Crippen molar-refractivity contribution in [2.24, 2.45) is 5.92 Å². The molecule has 0 bridgehead atoms. The molecule has 2 fully saturated rings. The number of piperazine rings is 1. The van der Waals surface area contributed by atoms with Crippen LogP contribution >= 0.6 is 27.3 Å². The van der Waals surface area contributed by atoms with Crippen LogP contribution in [0.15, 0.2) is 15.9 Å². The van der Waals surface area contributed by atoms with Crippen LogP contribution in [0.1, 0.15) is 31.1 Å². The molecule has 1 aromatic rings. The van der Waals surface area contributed by atoms with E-state index in [-0.39, 0.29) is 0 Å². The van der Waals surface area contributed by atoms with Crippen LogP contribution in [0, 0.1) is 5.92 Å². The highest BCUT2D eigenvalue weighted by Crippen LogP contribution is 2.35. The molecule has 2 heterocycles. The lowest BCUT2D eigenvalue weighted by Gasteiger charge is -2.40. The predicted molar refractivity (Wildman–Crippen MR) is 81.0 cm³/mol. The van der Waals surface area contributed by atoms with Gasteiger partial charge in [0, 0.05) is 46.4 Å². The van der Waals surface area contributed by atoms with Crippen molar-refractivity contribution in [1.29, 1.82) is 0 Å². The molecule has 0 radical (unpaired) electrons. The van der Waals surface area contributed by atoms with E-state index in [1.165, 1.54) is 41.7 Å². The fourth-order valence-electron chi connectivity index (χ4n) is 2.93. The Morgan fingerprint density at radius 1 is 1.50 bits per heavy atom. The first-order valence-electron chi connectivity index (χ1n) is 6.96. The van der Waals surface area contributed by atoms with E-state index < -0.39 is 0 Å². The van der Waals surface area contributed by atoms with Gasteiger partial charge in [0.2, 0.25) is 0 Å².